The Hall–Kier alpha value is -3.48. The minimum atomic E-state index is -1.17. The number of rotatable bonds is 5. The van der Waals surface area contributed by atoms with Crippen molar-refractivity contribution in [3.05, 3.63) is 65.2 Å². The van der Waals surface area contributed by atoms with Crippen molar-refractivity contribution < 1.29 is 23.5 Å². The van der Waals surface area contributed by atoms with E-state index in [9.17, 15) is 18.8 Å². The Bertz CT molecular complexity index is 957. The highest BCUT2D eigenvalue weighted by atomic mass is 19.1. The molecule has 2 aromatic rings. The number of nitrogens with one attached hydrogen (secondary N) is 1. The summed E-state index contributed by atoms with van der Waals surface area (Å²) < 4.78 is 17.6. The molecule has 1 aliphatic rings. The van der Waals surface area contributed by atoms with Gasteiger partial charge in [-0.15, -0.1) is 0 Å². The summed E-state index contributed by atoms with van der Waals surface area (Å²) in [6.07, 6.45) is 3.22. The molecule has 1 N–H and O–H groups in total. The zero-order valence-electron chi connectivity index (χ0n) is 15.9. The normalized spacial score (nSPS) is 14.5. The van der Waals surface area contributed by atoms with Crippen molar-refractivity contribution in [2.45, 2.75) is 19.5 Å². The zero-order chi connectivity index (χ0) is 20.8. The van der Waals surface area contributed by atoms with Crippen LogP contribution in [0.25, 0.3) is 12.2 Å². The van der Waals surface area contributed by atoms with E-state index in [0.29, 0.717) is 5.69 Å². The van der Waals surface area contributed by atoms with E-state index in [2.05, 4.69) is 5.32 Å². The highest BCUT2D eigenvalue weighted by molar-refractivity contribution is 5.95. The third kappa shape index (κ3) is 4.87. The number of para-hydroxylation sites is 1. The van der Waals surface area contributed by atoms with Gasteiger partial charge in [-0.1, -0.05) is 54.6 Å². The number of benzene rings is 2. The van der Waals surface area contributed by atoms with E-state index < -0.39 is 37.1 Å². The highest BCUT2D eigenvalue weighted by Crippen LogP contribution is 2.29. The monoisotopic (exact) mass is 396 g/mol. The van der Waals surface area contributed by atoms with Crippen LogP contribution in [-0.4, -0.2) is 37.1 Å². The summed E-state index contributed by atoms with van der Waals surface area (Å²) in [6, 6.07) is 14.1. The number of halogens is 1. The van der Waals surface area contributed by atoms with Crippen molar-refractivity contribution >= 4 is 35.6 Å². The fourth-order valence-corrected chi connectivity index (χ4v) is 3.00. The molecule has 0 fully saturated rings. The minimum absolute atomic E-state index is 0.273. The van der Waals surface area contributed by atoms with Crippen molar-refractivity contribution in [2.75, 3.05) is 18.2 Å². The molecule has 3 rings (SSSR count). The summed E-state index contributed by atoms with van der Waals surface area (Å²) in [5.41, 5.74) is 3.41. The van der Waals surface area contributed by atoms with Crippen molar-refractivity contribution in [3.8, 4) is 0 Å². The summed E-state index contributed by atoms with van der Waals surface area (Å²) in [7, 11) is 0. The maximum absolute atomic E-state index is 12.8. The number of fused-ring (bicyclic) bond motifs is 2. The molecule has 6 nitrogen and oxygen atoms in total. The molecule has 1 heterocycles. The lowest BCUT2D eigenvalue weighted by molar-refractivity contribution is -0.129. The van der Waals surface area contributed by atoms with Crippen molar-refractivity contribution in [3.63, 3.8) is 0 Å². The quantitative estimate of drug-likeness (QED) is 0.841. The number of ether oxygens (including phenoxy) is 1. The van der Waals surface area contributed by atoms with Crippen LogP contribution in [0.3, 0.4) is 0 Å². The fourth-order valence-electron chi connectivity index (χ4n) is 3.00. The predicted octanol–water partition coefficient (Wildman–Crippen LogP) is 3.36. The van der Waals surface area contributed by atoms with Crippen LogP contribution in [0.5, 0.6) is 0 Å². The molecule has 150 valence electrons. The first kappa shape index (κ1) is 20.3. The van der Waals surface area contributed by atoms with Gasteiger partial charge in [0.05, 0.1) is 18.3 Å². The van der Waals surface area contributed by atoms with Gasteiger partial charge in [0.25, 0.3) is 5.91 Å². The standard InChI is InChI=1S/C22H21FN2O4/c1-15(20(26)12-23)24-21(27)14-29-22(28)25-13-18-8-3-2-6-16(18)10-11-17-7-4-5-9-19(17)25/h2-11,15H,12-14H2,1H3,(H,24,27)/b11-10-. The Balaban J connectivity index is 1.76. The van der Waals surface area contributed by atoms with Crippen LogP contribution in [0.15, 0.2) is 48.5 Å². The van der Waals surface area contributed by atoms with E-state index >= 15 is 0 Å². The topological polar surface area (TPSA) is 75.7 Å². The molecule has 0 spiro atoms. The number of hydrogen-bond donors (Lipinski definition) is 1. The minimum Gasteiger partial charge on any atom is -0.439 e. The number of carbonyl (C=O) groups excluding carboxylic acids is 3. The molecule has 0 saturated heterocycles. The summed E-state index contributed by atoms with van der Waals surface area (Å²) in [5.74, 6) is -1.42. The summed E-state index contributed by atoms with van der Waals surface area (Å²) in [6.45, 7) is -0.0915. The Morgan fingerprint density at radius 3 is 2.48 bits per heavy atom. The Morgan fingerprint density at radius 1 is 1.07 bits per heavy atom. The lowest BCUT2D eigenvalue weighted by Gasteiger charge is -2.26. The highest BCUT2D eigenvalue weighted by Gasteiger charge is 2.23. The van der Waals surface area contributed by atoms with Gasteiger partial charge < -0.3 is 10.1 Å². The number of hydrogen-bond acceptors (Lipinski definition) is 4. The van der Waals surface area contributed by atoms with Crippen LogP contribution < -0.4 is 10.2 Å². The molecule has 2 amide bonds. The van der Waals surface area contributed by atoms with E-state index in [1.165, 1.54) is 11.8 Å². The maximum atomic E-state index is 12.8. The Labute approximate surface area is 168 Å². The van der Waals surface area contributed by atoms with Gasteiger partial charge in [-0.2, -0.15) is 0 Å². The van der Waals surface area contributed by atoms with Gasteiger partial charge in [0.2, 0.25) is 0 Å². The van der Waals surface area contributed by atoms with Crippen molar-refractivity contribution in [1.82, 2.24) is 5.32 Å². The first-order valence-corrected chi connectivity index (χ1v) is 9.17. The van der Waals surface area contributed by atoms with Crippen LogP contribution in [0.1, 0.15) is 23.6 Å². The number of Topliss-reactive ketones (excluding diaryl/α,β-unsaturated/α-hetero) is 1. The first-order chi connectivity index (χ1) is 14.0. The average molecular weight is 396 g/mol. The molecule has 0 radical (unpaired) electrons. The summed E-state index contributed by atoms with van der Waals surface area (Å²) in [4.78, 5) is 37.4. The second-order valence-electron chi connectivity index (χ2n) is 6.62. The smallest absolute Gasteiger partial charge is 0.415 e. The molecule has 0 aromatic heterocycles. The van der Waals surface area contributed by atoms with E-state index in [1.54, 1.807) is 6.07 Å². The second kappa shape index (κ2) is 9.14. The van der Waals surface area contributed by atoms with E-state index in [4.69, 9.17) is 4.74 Å². The van der Waals surface area contributed by atoms with Crippen molar-refractivity contribution in [2.24, 2.45) is 0 Å². The van der Waals surface area contributed by atoms with Crippen LogP contribution >= 0.6 is 0 Å². The molecule has 29 heavy (non-hydrogen) atoms. The molecular formula is C22H21FN2O4. The first-order valence-electron chi connectivity index (χ1n) is 9.17. The molecule has 1 aliphatic heterocycles. The summed E-state index contributed by atoms with van der Waals surface area (Å²) >= 11 is 0. The lowest BCUT2D eigenvalue weighted by Crippen LogP contribution is -2.42. The van der Waals surface area contributed by atoms with Gasteiger partial charge in [-0.25, -0.2) is 9.18 Å². The second-order valence-corrected chi connectivity index (χ2v) is 6.62. The van der Waals surface area contributed by atoms with Crippen LogP contribution in [-0.2, 0) is 20.9 Å². The number of amides is 2. The van der Waals surface area contributed by atoms with Crippen LogP contribution in [0.4, 0.5) is 14.9 Å². The number of carbonyl (C=O) groups is 3. The molecular weight excluding hydrogens is 375 g/mol. The Kier molecular flexibility index (Phi) is 6.39. The maximum Gasteiger partial charge on any atom is 0.415 e. The third-order valence-electron chi connectivity index (χ3n) is 4.59. The molecule has 0 saturated carbocycles. The number of nitrogens with zero attached hydrogens (tertiary/aromatic N) is 1. The molecule has 1 unspecified atom stereocenters. The molecule has 1 atom stereocenters. The number of alkyl halides is 1. The average Bonchev–Trinajstić information content (AvgIpc) is 2.73. The molecule has 2 aromatic carbocycles. The molecule has 7 heteroatoms. The lowest BCUT2D eigenvalue weighted by atomic mass is 10.0. The fraction of sp³-hybridized carbons (Fsp3) is 0.227. The Morgan fingerprint density at radius 2 is 1.72 bits per heavy atom. The van der Waals surface area contributed by atoms with Crippen LogP contribution in [0, 0.1) is 0 Å². The van der Waals surface area contributed by atoms with E-state index in [0.717, 1.165) is 16.7 Å². The zero-order valence-corrected chi connectivity index (χ0v) is 15.9. The summed E-state index contributed by atoms with van der Waals surface area (Å²) in [5, 5.41) is 2.31. The SMILES string of the molecule is CC(NC(=O)COC(=O)N1Cc2ccccc2/C=C\c2ccccc21)C(=O)CF. The van der Waals surface area contributed by atoms with Gasteiger partial charge in [-0.3, -0.25) is 14.5 Å². The van der Waals surface area contributed by atoms with Gasteiger partial charge >= 0.3 is 6.09 Å². The van der Waals surface area contributed by atoms with E-state index in [1.807, 2.05) is 54.6 Å². The largest absolute Gasteiger partial charge is 0.439 e. The van der Waals surface area contributed by atoms with Gasteiger partial charge in [0, 0.05) is 0 Å². The third-order valence-corrected chi connectivity index (χ3v) is 4.59. The van der Waals surface area contributed by atoms with Gasteiger partial charge in [0.15, 0.2) is 12.4 Å². The van der Waals surface area contributed by atoms with Gasteiger partial charge in [-0.05, 0) is 29.7 Å². The number of ketones is 1. The van der Waals surface area contributed by atoms with Gasteiger partial charge in [0.1, 0.15) is 6.67 Å². The molecule has 0 aliphatic carbocycles. The predicted molar refractivity (Wildman–Crippen MR) is 108 cm³/mol. The number of anilines is 1. The van der Waals surface area contributed by atoms with Crippen LogP contribution in [0.2, 0.25) is 0 Å². The van der Waals surface area contributed by atoms with E-state index in [-0.39, 0.29) is 6.54 Å². The molecule has 0 bridgehead atoms. The van der Waals surface area contributed by atoms with Crippen molar-refractivity contribution in [1.29, 1.82) is 0 Å².